The van der Waals surface area contributed by atoms with E-state index in [4.69, 9.17) is 4.74 Å². The molecule has 8 atom stereocenters. The van der Waals surface area contributed by atoms with Gasteiger partial charge in [0.15, 0.2) is 0 Å². The molecule has 4 aliphatic rings. The molecule has 0 radical (unpaired) electrons. The largest absolute Gasteiger partial charge is 0.462 e. The van der Waals surface area contributed by atoms with Crippen molar-refractivity contribution in [2.75, 3.05) is 0 Å². The van der Waals surface area contributed by atoms with Crippen molar-refractivity contribution >= 4 is 5.97 Å². The van der Waals surface area contributed by atoms with Crippen LogP contribution in [0.4, 0.5) is 0 Å². The first-order chi connectivity index (χ1) is 14.1. The van der Waals surface area contributed by atoms with E-state index in [9.17, 15) is 4.79 Å². The average molecular weight is 413 g/mol. The first kappa shape index (κ1) is 22.2. The van der Waals surface area contributed by atoms with Crippen molar-refractivity contribution < 1.29 is 9.53 Å². The number of esters is 1. The van der Waals surface area contributed by atoms with E-state index in [1.807, 2.05) is 0 Å². The molecular weight excluding hydrogens is 368 g/mol. The van der Waals surface area contributed by atoms with Crippen LogP contribution in [0.2, 0.25) is 0 Å². The van der Waals surface area contributed by atoms with E-state index < -0.39 is 0 Å². The van der Waals surface area contributed by atoms with Gasteiger partial charge in [-0.2, -0.15) is 0 Å². The molecule has 3 fully saturated rings. The second-order valence-electron chi connectivity index (χ2n) is 11.9. The predicted molar refractivity (Wildman–Crippen MR) is 124 cm³/mol. The van der Waals surface area contributed by atoms with Crippen LogP contribution in [0, 0.1) is 46.3 Å². The normalized spacial score (nSPS) is 44.2. The molecule has 3 saturated carbocycles. The van der Waals surface area contributed by atoms with Crippen LogP contribution in [0.15, 0.2) is 23.8 Å². The number of ether oxygens (including phenoxy) is 1. The molecule has 0 heterocycles. The molecule has 0 aromatic carbocycles. The number of rotatable bonds is 4. The minimum absolute atomic E-state index is 0.108. The van der Waals surface area contributed by atoms with Crippen LogP contribution in [0.25, 0.3) is 0 Å². The van der Waals surface area contributed by atoms with Gasteiger partial charge in [-0.15, -0.1) is 0 Å². The molecule has 2 heteroatoms. The monoisotopic (exact) mass is 412 g/mol. The van der Waals surface area contributed by atoms with E-state index >= 15 is 0 Å². The molecule has 0 spiro atoms. The van der Waals surface area contributed by atoms with Crippen LogP contribution in [0.3, 0.4) is 0 Å². The summed E-state index contributed by atoms with van der Waals surface area (Å²) in [7, 11) is 0. The minimum Gasteiger partial charge on any atom is -0.462 e. The van der Waals surface area contributed by atoms with Gasteiger partial charge >= 0.3 is 5.97 Å². The van der Waals surface area contributed by atoms with Crippen molar-refractivity contribution in [1.82, 2.24) is 0 Å². The van der Waals surface area contributed by atoms with Crippen molar-refractivity contribution in [2.24, 2.45) is 46.3 Å². The van der Waals surface area contributed by atoms with Crippen molar-refractivity contribution in [1.29, 1.82) is 0 Å². The third-order valence-electron chi connectivity index (χ3n) is 9.90. The van der Waals surface area contributed by atoms with Crippen LogP contribution in [-0.2, 0) is 9.53 Å². The number of allylic oxidation sites excluding steroid dienone is 3. The second-order valence-corrected chi connectivity index (χ2v) is 11.9. The topological polar surface area (TPSA) is 26.3 Å². The molecule has 0 N–H and O–H groups in total. The quantitative estimate of drug-likeness (QED) is 0.356. The van der Waals surface area contributed by atoms with E-state index in [0.717, 1.165) is 36.5 Å². The molecule has 0 aromatic rings. The van der Waals surface area contributed by atoms with Crippen LogP contribution in [0.1, 0.15) is 92.9 Å². The standard InChI is InChI=1S/C28H44O2/c1-18(2)7-8-19(3)24-11-12-25-23-10-9-21-17-22(30-20(4)29)13-15-27(21,5)26(23)14-16-28(24,25)6/h7-9,18-19,22-26H,10-17H2,1-6H3/b8-7+/t19-,22-,23-,24-,25-,26+,27-,28-/m0/s1. The lowest BCUT2D eigenvalue weighted by atomic mass is 9.47. The molecular formula is C28H44O2. The van der Waals surface area contributed by atoms with E-state index in [-0.39, 0.29) is 12.1 Å². The Bertz CT molecular complexity index is 718. The first-order valence-corrected chi connectivity index (χ1v) is 12.7. The molecule has 4 aliphatic carbocycles. The van der Waals surface area contributed by atoms with Gasteiger partial charge in [-0.1, -0.05) is 58.4 Å². The summed E-state index contributed by atoms with van der Waals surface area (Å²) in [6.07, 6.45) is 17.7. The Morgan fingerprint density at radius 2 is 1.83 bits per heavy atom. The van der Waals surface area contributed by atoms with Crippen LogP contribution < -0.4 is 0 Å². The van der Waals surface area contributed by atoms with Gasteiger partial charge in [0.05, 0.1) is 0 Å². The van der Waals surface area contributed by atoms with Gasteiger partial charge in [0, 0.05) is 13.3 Å². The third kappa shape index (κ3) is 3.71. The fourth-order valence-electron chi connectivity index (χ4n) is 8.40. The molecule has 0 saturated heterocycles. The molecule has 0 aromatic heterocycles. The van der Waals surface area contributed by atoms with E-state index in [2.05, 4.69) is 52.8 Å². The molecule has 168 valence electrons. The maximum atomic E-state index is 11.5. The maximum Gasteiger partial charge on any atom is 0.302 e. The van der Waals surface area contributed by atoms with Crippen LogP contribution >= 0.6 is 0 Å². The van der Waals surface area contributed by atoms with Gasteiger partial charge in [-0.3, -0.25) is 4.79 Å². The molecule has 0 bridgehead atoms. The SMILES string of the molecule is CC(=O)O[C@H]1CC[C@@]2(C)C(=CC[C@@H]3[C@H]2CC[C@]2(C)[C@H]3CC[C@H]2[C@@H](C)/C=C/C(C)C)C1. The summed E-state index contributed by atoms with van der Waals surface area (Å²) in [5.74, 6) is 4.64. The zero-order valence-corrected chi connectivity index (χ0v) is 20.2. The summed E-state index contributed by atoms with van der Waals surface area (Å²) in [4.78, 5) is 11.5. The zero-order valence-electron chi connectivity index (χ0n) is 20.2. The Morgan fingerprint density at radius 3 is 2.53 bits per heavy atom. The highest BCUT2D eigenvalue weighted by atomic mass is 16.5. The summed E-state index contributed by atoms with van der Waals surface area (Å²) in [5, 5.41) is 0. The highest BCUT2D eigenvalue weighted by Crippen LogP contribution is 2.67. The fraction of sp³-hybridized carbons (Fsp3) is 0.821. The highest BCUT2D eigenvalue weighted by molar-refractivity contribution is 5.66. The number of hydrogen-bond acceptors (Lipinski definition) is 2. The van der Waals surface area contributed by atoms with Crippen LogP contribution in [-0.4, -0.2) is 12.1 Å². The van der Waals surface area contributed by atoms with Gasteiger partial charge in [-0.25, -0.2) is 0 Å². The lowest BCUT2D eigenvalue weighted by Gasteiger charge is -2.58. The maximum absolute atomic E-state index is 11.5. The Kier molecular flexibility index (Phi) is 6.01. The van der Waals surface area contributed by atoms with Crippen LogP contribution in [0.5, 0.6) is 0 Å². The van der Waals surface area contributed by atoms with Gasteiger partial charge < -0.3 is 4.74 Å². The van der Waals surface area contributed by atoms with Crippen molar-refractivity contribution in [2.45, 2.75) is 99.0 Å². The molecule has 0 aliphatic heterocycles. The summed E-state index contributed by atoms with van der Waals surface area (Å²) in [6.45, 7) is 13.8. The lowest BCUT2D eigenvalue weighted by molar-refractivity contribution is -0.148. The Balaban J connectivity index is 1.53. The zero-order chi connectivity index (χ0) is 21.7. The highest BCUT2D eigenvalue weighted by Gasteiger charge is 2.59. The van der Waals surface area contributed by atoms with Gasteiger partial charge in [0.2, 0.25) is 0 Å². The molecule has 4 rings (SSSR count). The fourth-order valence-corrected chi connectivity index (χ4v) is 8.40. The number of carbonyl (C=O) groups is 1. The van der Waals surface area contributed by atoms with Crippen molar-refractivity contribution in [3.8, 4) is 0 Å². The van der Waals surface area contributed by atoms with Crippen molar-refractivity contribution in [3.63, 3.8) is 0 Å². The van der Waals surface area contributed by atoms with E-state index in [1.165, 1.54) is 38.5 Å². The van der Waals surface area contributed by atoms with E-state index in [0.29, 0.717) is 22.7 Å². The summed E-state index contributed by atoms with van der Waals surface area (Å²) in [5.41, 5.74) is 2.45. The number of carbonyl (C=O) groups excluding carboxylic acids is 1. The van der Waals surface area contributed by atoms with Gasteiger partial charge in [0.1, 0.15) is 6.10 Å². The minimum atomic E-state index is -0.121. The third-order valence-corrected chi connectivity index (χ3v) is 9.90. The average Bonchev–Trinajstić information content (AvgIpc) is 3.03. The smallest absolute Gasteiger partial charge is 0.302 e. The molecule has 0 unspecified atom stereocenters. The van der Waals surface area contributed by atoms with E-state index in [1.54, 1.807) is 12.5 Å². The molecule has 30 heavy (non-hydrogen) atoms. The first-order valence-electron chi connectivity index (χ1n) is 12.7. The molecule has 2 nitrogen and oxygen atoms in total. The Morgan fingerprint density at radius 1 is 1.07 bits per heavy atom. The predicted octanol–water partition coefficient (Wildman–Crippen LogP) is 7.35. The Hall–Kier alpha value is -1.05. The van der Waals surface area contributed by atoms with Gasteiger partial charge in [0.25, 0.3) is 0 Å². The Labute approximate surface area is 184 Å². The number of fused-ring (bicyclic) bond motifs is 5. The lowest BCUT2D eigenvalue weighted by Crippen LogP contribution is -2.51. The van der Waals surface area contributed by atoms with Gasteiger partial charge in [-0.05, 0) is 91.3 Å². The van der Waals surface area contributed by atoms with Crippen molar-refractivity contribution in [3.05, 3.63) is 23.8 Å². The summed E-state index contributed by atoms with van der Waals surface area (Å²) < 4.78 is 5.60. The number of hydrogen-bond donors (Lipinski definition) is 0. The second kappa shape index (κ2) is 8.14. The summed E-state index contributed by atoms with van der Waals surface area (Å²) in [6, 6.07) is 0. The summed E-state index contributed by atoms with van der Waals surface area (Å²) >= 11 is 0. The molecule has 0 amide bonds.